The molecule has 1 saturated carbocycles. The highest BCUT2D eigenvalue weighted by Gasteiger charge is 2.49. The topological polar surface area (TPSA) is 48.4 Å². The number of fused-ring (bicyclic) bond motifs is 1. The van der Waals surface area contributed by atoms with Gasteiger partial charge in [-0.25, -0.2) is 9.37 Å². The van der Waals surface area contributed by atoms with Crippen molar-refractivity contribution in [1.82, 2.24) is 4.98 Å². The van der Waals surface area contributed by atoms with Crippen molar-refractivity contribution in [2.75, 3.05) is 7.11 Å². The van der Waals surface area contributed by atoms with E-state index in [1.165, 1.54) is 13.2 Å². The predicted octanol–water partition coefficient (Wildman–Crippen LogP) is 6.50. The van der Waals surface area contributed by atoms with Crippen molar-refractivity contribution in [2.24, 2.45) is 5.41 Å². The molecule has 0 bridgehead atoms. The third kappa shape index (κ3) is 3.85. The fourth-order valence-electron chi connectivity index (χ4n) is 4.63. The van der Waals surface area contributed by atoms with Crippen molar-refractivity contribution in [1.29, 1.82) is 0 Å². The van der Waals surface area contributed by atoms with E-state index in [0.717, 1.165) is 33.2 Å². The van der Waals surface area contributed by atoms with E-state index < -0.39 is 5.41 Å². The summed E-state index contributed by atoms with van der Waals surface area (Å²) in [6.45, 7) is 9.93. The summed E-state index contributed by atoms with van der Waals surface area (Å²) in [4.78, 5) is 17.0. The first-order chi connectivity index (χ1) is 15.1. The van der Waals surface area contributed by atoms with Gasteiger partial charge < -0.3 is 9.47 Å². The largest absolute Gasteiger partial charge is 0.474 e. The Balaban J connectivity index is 1.82. The molecule has 1 aliphatic carbocycles. The highest BCUT2D eigenvalue weighted by molar-refractivity contribution is 6.00. The molecule has 0 aliphatic heterocycles. The highest BCUT2D eigenvalue weighted by Crippen LogP contribution is 2.45. The van der Waals surface area contributed by atoms with Gasteiger partial charge in [0.15, 0.2) is 0 Å². The number of esters is 1. The first-order valence-electron chi connectivity index (χ1n) is 11.1. The molecule has 3 aromatic rings. The van der Waals surface area contributed by atoms with Gasteiger partial charge in [0.05, 0.1) is 18.2 Å². The second kappa shape index (κ2) is 8.19. The molecule has 4 rings (SSSR count). The maximum atomic E-state index is 14.0. The van der Waals surface area contributed by atoms with Crippen LogP contribution < -0.4 is 4.74 Å². The van der Waals surface area contributed by atoms with Gasteiger partial charge in [0.1, 0.15) is 11.9 Å². The number of rotatable bonds is 5. The zero-order chi connectivity index (χ0) is 23.2. The third-order valence-corrected chi connectivity index (χ3v) is 6.46. The Hall–Kier alpha value is -2.95. The molecule has 0 radical (unpaired) electrons. The van der Waals surface area contributed by atoms with Crippen LogP contribution in [0, 0.1) is 25.1 Å². The minimum atomic E-state index is -0.502. The average molecular weight is 436 g/mol. The Morgan fingerprint density at radius 1 is 1.12 bits per heavy atom. The molecule has 0 spiro atoms. The molecule has 4 nitrogen and oxygen atoms in total. The van der Waals surface area contributed by atoms with Crippen LogP contribution in [0.1, 0.15) is 56.4 Å². The van der Waals surface area contributed by atoms with Crippen molar-refractivity contribution in [3.8, 4) is 17.0 Å². The number of hydrogen-bond acceptors (Lipinski definition) is 4. The Morgan fingerprint density at radius 2 is 1.84 bits per heavy atom. The van der Waals surface area contributed by atoms with Crippen LogP contribution >= 0.6 is 0 Å². The molecule has 1 heterocycles. The second-order valence-corrected chi connectivity index (χ2v) is 9.55. The number of aryl methyl sites for hydroxylation is 2. The van der Waals surface area contributed by atoms with Crippen molar-refractivity contribution in [2.45, 2.75) is 59.5 Å². The summed E-state index contributed by atoms with van der Waals surface area (Å²) >= 11 is 0. The van der Waals surface area contributed by atoms with Crippen LogP contribution in [0.25, 0.3) is 21.9 Å². The van der Waals surface area contributed by atoms with Crippen molar-refractivity contribution in [3.05, 3.63) is 59.0 Å². The predicted molar refractivity (Wildman–Crippen MR) is 124 cm³/mol. The molecule has 2 aromatic carbocycles. The monoisotopic (exact) mass is 435 g/mol. The number of aromatic nitrogens is 1. The zero-order valence-electron chi connectivity index (χ0n) is 19.6. The average Bonchev–Trinajstić information content (AvgIpc) is 2.73. The lowest BCUT2D eigenvalue weighted by Crippen LogP contribution is -2.47. The number of nitrogens with zero attached hydrogens (tertiary/aromatic N) is 1. The van der Waals surface area contributed by atoms with Crippen LogP contribution in [0.4, 0.5) is 4.39 Å². The third-order valence-electron chi connectivity index (χ3n) is 6.46. The van der Waals surface area contributed by atoms with E-state index in [2.05, 4.69) is 32.0 Å². The van der Waals surface area contributed by atoms with Crippen molar-refractivity contribution >= 4 is 16.7 Å². The lowest BCUT2D eigenvalue weighted by Gasteiger charge is -2.42. The van der Waals surface area contributed by atoms with Crippen molar-refractivity contribution < 1.29 is 18.7 Å². The van der Waals surface area contributed by atoms with Gasteiger partial charge in [0.2, 0.25) is 5.88 Å². The van der Waals surface area contributed by atoms with Gasteiger partial charge in [0.25, 0.3) is 0 Å². The molecule has 1 aliphatic rings. The van der Waals surface area contributed by atoms with Gasteiger partial charge in [-0.3, -0.25) is 4.79 Å². The molecule has 0 atom stereocenters. The molecule has 1 fully saturated rings. The SMILES string of the molecule is COC(=O)C1(C)CC(Oc2nc(C(C)C)c(-c3ccc(F)c(C)c3)c3ccc(C)cc23)C1. The van der Waals surface area contributed by atoms with Crippen LogP contribution in [-0.2, 0) is 9.53 Å². The molecular formula is C27H30FNO3. The summed E-state index contributed by atoms with van der Waals surface area (Å²) < 4.78 is 25.3. The molecular weight excluding hydrogens is 405 g/mol. The Bertz CT molecular complexity index is 1200. The Morgan fingerprint density at radius 3 is 2.47 bits per heavy atom. The van der Waals surface area contributed by atoms with Crippen molar-refractivity contribution in [3.63, 3.8) is 0 Å². The Kier molecular flexibility index (Phi) is 5.70. The smallest absolute Gasteiger partial charge is 0.311 e. The molecule has 168 valence electrons. The molecule has 0 saturated heterocycles. The van der Waals surface area contributed by atoms with Crippen LogP contribution in [0.15, 0.2) is 36.4 Å². The number of benzene rings is 2. The van der Waals surface area contributed by atoms with Gasteiger partial charge in [-0.05, 0) is 61.4 Å². The van der Waals surface area contributed by atoms with E-state index in [1.807, 2.05) is 26.0 Å². The minimum Gasteiger partial charge on any atom is -0.474 e. The number of pyridine rings is 1. The molecule has 0 N–H and O–H groups in total. The number of halogens is 1. The first kappa shape index (κ1) is 22.3. The highest BCUT2D eigenvalue weighted by atomic mass is 19.1. The normalized spacial score (nSPS) is 20.3. The molecule has 32 heavy (non-hydrogen) atoms. The summed E-state index contributed by atoms with van der Waals surface area (Å²) in [6.07, 6.45) is 1.11. The number of methoxy groups -OCH3 is 1. The maximum Gasteiger partial charge on any atom is 0.311 e. The second-order valence-electron chi connectivity index (χ2n) is 9.55. The van der Waals surface area contributed by atoms with E-state index in [1.54, 1.807) is 6.92 Å². The van der Waals surface area contributed by atoms with Crippen LogP contribution in [-0.4, -0.2) is 24.2 Å². The quantitative estimate of drug-likeness (QED) is 0.429. The number of ether oxygens (including phenoxy) is 2. The van der Waals surface area contributed by atoms with Gasteiger partial charge in [-0.15, -0.1) is 0 Å². The summed E-state index contributed by atoms with van der Waals surface area (Å²) in [7, 11) is 1.42. The van der Waals surface area contributed by atoms with E-state index >= 15 is 0 Å². The summed E-state index contributed by atoms with van der Waals surface area (Å²) in [6, 6.07) is 11.5. The molecule has 0 amide bonds. The van der Waals surface area contributed by atoms with Crippen LogP contribution in [0.5, 0.6) is 5.88 Å². The number of hydrogen-bond donors (Lipinski definition) is 0. The maximum absolute atomic E-state index is 14.0. The zero-order valence-corrected chi connectivity index (χ0v) is 19.6. The summed E-state index contributed by atoms with van der Waals surface area (Å²) in [5, 5.41) is 1.96. The van der Waals surface area contributed by atoms with E-state index in [4.69, 9.17) is 14.5 Å². The molecule has 0 unspecified atom stereocenters. The van der Waals surface area contributed by atoms with Gasteiger partial charge in [0, 0.05) is 23.8 Å². The fraction of sp³-hybridized carbons (Fsp3) is 0.407. The first-order valence-corrected chi connectivity index (χ1v) is 11.1. The Labute approximate surface area is 188 Å². The van der Waals surface area contributed by atoms with Gasteiger partial charge >= 0.3 is 5.97 Å². The fourth-order valence-corrected chi connectivity index (χ4v) is 4.63. The minimum absolute atomic E-state index is 0.0887. The van der Waals surface area contributed by atoms with Crippen LogP contribution in [0.3, 0.4) is 0 Å². The molecule has 5 heteroatoms. The van der Waals surface area contributed by atoms with Gasteiger partial charge in [-0.1, -0.05) is 37.6 Å². The number of carbonyl (C=O) groups excluding carboxylic acids is 1. The lowest BCUT2D eigenvalue weighted by molar-refractivity contribution is -0.163. The van der Waals surface area contributed by atoms with E-state index in [0.29, 0.717) is 24.3 Å². The van der Waals surface area contributed by atoms with Gasteiger partial charge in [-0.2, -0.15) is 0 Å². The summed E-state index contributed by atoms with van der Waals surface area (Å²) in [5.41, 5.74) is 4.08. The lowest BCUT2D eigenvalue weighted by atomic mass is 9.68. The number of carbonyl (C=O) groups is 1. The van der Waals surface area contributed by atoms with E-state index in [-0.39, 0.29) is 23.8 Å². The molecule has 1 aromatic heterocycles. The van der Waals surface area contributed by atoms with E-state index in [9.17, 15) is 9.18 Å². The standard InChI is InChI=1S/C27H30FNO3/c1-15(2)24-23(18-8-10-22(28)17(4)12-18)20-9-7-16(3)11-21(20)25(29-24)32-19-13-27(5,14-19)26(30)31-6/h7-12,15,19H,13-14H2,1-6H3. The van der Waals surface area contributed by atoms with Crippen LogP contribution in [0.2, 0.25) is 0 Å². The summed E-state index contributed by atoms with van der Waals surface area (Å²) in [5.74, 6) is 0.319.